The molecule has 1 aromatic rings. The van der Waals surface area contributed by atoms with Crippen molar-refractivity contribution >= 4 is 12.1 Å². The fraction of sp³-hybridized carbons (Fsp3) is 0.579. The highest BCUT2D eigenvalue weighted by molar-refractivity contribution is 5.73. The number of aliphatic carboxylic acids is 1. The van der Waals surface area contributed by atoms with Crippen LogP contribution in [0.25, 0.3) is 0 Å². The number of benzene rings is 1. The standard InChI is InChI=1S/C19H28N2O4/c1-19(2,17(22)23)13-20-15-9-6-10-16(11-15)21-18(24)25-12-14-7-4-3-5-8-14/h3-5,7-8,15-16,20H,6,9-13H2,1-2H3,(H,21,24)(H,22,23)/t15-,16+/m0/s1. The number of alkyl carbamates (subject to hydrolysis) is 1. The number of carbonyl (C=O) groups excluding carboxylic acids is 1. The van der Waals surface area contributed by atoms with Gasteiger partial charge in [0.05, 0.1) is 5.41 Å². The molecular weight excluding hydrogens is 320 g/mol. The molecule has 0 heterocycles. The van der Waals surface area contributed by atoms with Crippen molar-refractivity contribution in [3.8, 4) is 0 Å². The molecule has 0 aromatic heterocycles. The lowest BCUT2D eigenvalue weighted by Gasteiger charge is -2.32. The Morgan fingerprint density at radius 3 is 2.56 bits per heavy atom. The topological polar surface area (TPSA) is 87.7 Å². The van der Waals surface area contributed by atoms with Gasteiger partial charge >= 0.3 is 12.1 Å². The van der Waals surface area contributed by atoms with Gasteiger partial charge in [0.2, 0.25) is 0 Å². The number of ether oxygens (including phenoxy) is 1. The SMILES string of the molecule is CC(C)(CN[C@H]1CCC[C@@H](NC(=O)OCc2ccccc2)C1)C(=O)O. The van der Waals surface area contributed by atoms with Gasteiger partial charge in [0.1, 0.15) is 6.61 Å². The Morgan fingerprint density at radius 2 is 1.88 bits per heavy atom. The van der Waals surface area contributed by atoms with E-state index in [0.29, 0.717) is 6.54 Å². The van der Waals surface area contributed by atoms with E-state index in [4.69, 9.17) is 4.74 Å². The van der Waals surface area contributed by atoms with Crippen molar-refractivity contribution in [1.82, 2.24) is 10.6 Å². The van der Waals surface area contributed by atoms with Gasteiger partial charge in [-0.05, 0) is 45.1 Å². The average molecular weight is 348 g/mol. The molecule has 0 saturated heterocycles. The number of carboxylic acids is 1. The maximum Gasteiger partial charge on any atom is 0.407 e. The van der Waals surface area contributed by atoms with Crippen LogP contribution in [0.1, 0.15) is 45.1 Å². The van der Waals surface area contributed by atoms with Crippen molar-refractivity contribution in [1.29, 1.82) is 0 Å². The first-order valence-electron chi connectivity index (χ1n) is 8.81. The zero-order chi connectivity index (χ0) is 18.3. The van der Waals surface area contributed by atoms with Gasteiger partial charge in [0.15, 0.2) is 0 Å². The maximum atomic E-state index is 12.0. The van der Waals surface area contributed by atoms with Crippen LogP contribution in [0.4, 0.5) is 4.79 Å². The molecule has 0 bridgehead atoms. The summed E-state index contributed by atoms with van der Waals surface area (Å²) in [6.45, 7) is 4.09. The van der Waals surface area contributed by atoms with Gasteiger partial charge < -0.3 is 20.5 Å². The molecule has 138 valence electrons. The Balaban J connectivity index is 1.73. The van der Waals surface area contributed by atoms with E-state index >= 15 is 0 Å². The number of hydrogen-bond acceptors (Lipinski definition) is 4. The Labute approximate surface area is 149 Å². The Hall–Kier alpha value is -2.08. The molecule has 3 N–H and O–H groups in total. The number of carboxylic acid groups (broad SMARTS) is 1. The largest absolute Gasteiger partial charge is 0.481 e. The van der Waals surface area contributed by atoms with E-state index in [1.807, 2.05) is 30.3 Å². The molecule has 0 unspecified atom stereocenters. The minimum Gasteiger partial charge on any atom is -0.481 e. The highest BCUT2D eigenvalue weighted by Crippen LogP contribution is 2.21. The molecule has 25 heavy (non-hydrogen) atoms. The number of amides is 1. The Bertz CT molecular complexity index is 574. The lowest BCUT2D eigenvalue weighted by Crippen LogP contribution is -2.47. The Kier molecular flexibility index (Phi) is 6.82. The zero-order valence-electron chi connectivity index (χ0n) is 15.0. The molecule has 6 nitrogen and oxygen atoms in total. The highest BCUT2D eigenvalue weighted by Gasteiger charge is 2.30. The Morgan fingerprint density at radius 1 is 1.20 bits per heavy atom. The predicted molar refractivity (Wildman–Crippen MR) is 95.2 cm³/mol. The van der Waals surface area contributed by atoms with Crippen molar-refractivity contribution in [3.63, 3.8) is 0 Å². The minimum atomic E-state index is -0.810. The third-order valence-corrected chi connectivity index (χ3v) is 4.62. The molecule has 2 rings (SSSR count). The molecule has 2 atom stereocenters. The van der Waals surface area contributed by atoms with Gasteiger partial charge in [-0.25, -0.2) is 4.79 Å². The second-order valence-electron chi connectivity index (χ2n) is 7.34. The number of nitrogens with one attached hydrogen (secondary N) is 2. The summed E-state index contributed by atoms with van der Waals surface area (Å²) in [5.74, 6) is -0.810. The van der Waals surface area contributed by atoms with Crippen LogP contribution in [-0.2, 0) is 16.1 Å². The van der Waals surface area contributed by atoms with Crippen molar-refractivity contribution in [2.75, 3.05) is 6.54 Å². The van der Waals surface area contributed by atoms with Crippen LogP contribution in [0.15, 0.2) is 30.3 Å². The lowest BCUT2D eigenvalue weighted by molar-refractivity contribution is -0.146. The van der Waals surface area contributed by atoms with Gasteiger partial charge in [-0.3, -0.25) is 4.79 Å². The molecule has 1 aromatic carbocycles. The molecule has 0 radical (unpaired) electrons. The molecule has 1 aliphatic carbocycles. The van der Waals surface area contributed by atoms with Crippen LogP contribution >= 0.6 is 0 Å². The number of carbonyl (C=O) groups is 2. The lowest BCUT2D eigenvalue weighted by atomic mass is 9.88. The van der Waals surface area contributed by atoms with Crippen LogP contribution in [0, 0.1) is 5.41 Å². The molecule has 6 heteroatoms. The summed E-state index contributed by atoms with van der Waals surface area (Å²) in [5, 5.41) is 15.4. The molecule has 0 aliphatic heterocycles. The van der Waals surface area contributed by atoms with Gasteiger partial charge in [-0.2, -0.15) is 0 Å². The van der Waals surface area contributed by atoms with Gasteiger partial charge in [0.25, 0.3) is 0 Å². The number of rotatable bonds is 7. The third-order valence-electron chi connectivity index (χ3n) is 4.62. The first kappa shape index (κ1) is 19.2. The smallest absolute Gasteiger partial charge is 0.407 e. The van der Waals surface area contributed by atoms with Crippen molar-refractivity contribution in [2.45, 2.75) is 58.2 Å². The number of hydrogen-bond donors (Lipinski definition) is 3. The van der Waals surface area contributed by atoms with Gasteiger partial charge in [-0.1, -0.05) is 30.3 Å². The molecule has 1 saturated carbocycles. The first-order valence-corrected chi connectivity index (χ1v) is 8.81. The second kappa shape index (κ2) is 8.85. The molecule has 0 spiro atoms. The summed E-state index contributed by atoms with van der Waals surface area (Å²) in [4.78, 5) is 23.1. The molecule has 1 fully saturated rings. The van der Waals surface area contributed by atoms with Crippen molar-refractivity contribution in [3.05, 3.63) is 35.9 Å². The summed E-state index contributed by atoms with van der Waals surface area (Å²) in [5.41, 5.74) is 0.159. The van der Waals surface area contributed by atoms with E-state index in [2.05, 4.69) is 10.6 Å². The van der Waals surface area contributed by atoms with E-state index in [1.165, 1.54) is 0 Å². The predicted octanol–water partition coefficient (Wildman–Crippen LogP) is 2.92. The van der Waals surface area contributed by atoms with E-state index in [0.717, 1.165) is 31.2 Å². The van der Waals surface area contributed by atoms with E-state index in [9.17, 15) is 14.7 Å². The maximum absolute atomic E-state index is 12.0. The summed E-state index contributed by atoms with van der Waals surface area (Å²) in [6.07, 6.45) is 3.29. The summed E-state index contributed by atoms with van der Waals surface area (Å²) in [6, 6.07) is 9.84. The van der Waals surface area contributed by atoms with E-state index in [1.54, 1.807) is 13.8 Å². The molecule has 1 aliphatic rings. The van der Waals surface area contributed by atoms with Gasteiger partial charge in [-0.15, -0.1) is 0 Å². The normalized spacial score (nSPS) is 20.7. The fourth-order valence-corrected chi connectivity index (χ4v) is 2.91. The van der Waals surface area contributed by atoms with Crippen LogP contribution in [0.3, 0.4) is 0 Å². The first-order chi connectivity index (χ1) is 11.9. The van der Waals surface area contributed by atoms with Crippen molar-refractivity contribution in [2.24, 2.45) is 5.41 Å². The summed E-state index contributed by atoms with van der Waals surface area (Å²) in [7, 11) is 0. The molecular formula is C19H28N2O4. The monoisotopic (exact) mass is 348 g/mol. The summed E-state index contributed by atoms with van der Waals surface area (Å²) < 4.78 is 5.26. The van der Waals surface area contributed by atoms with Crippen LogP contribution in [0.5, 0.6) is 0 Å². The zero-order valence-corrected chi connectivity index (χ0v) is 15.0. The molecule has 1 amide bonds. The van der Waals surface area contributed by atoms with Gasteiger partial charge in [0, 0.05) is 18.6 Å². The second-order valence-corrected chi connectivity index (χ2v) is 7.34. The van der Waals surface area contributed by atoms with Crippen LogP contribution in [0.2, 0.25) is 0 Å². The summed E-state index contributed by atoms with van der Waals surface area (Å²) >= 11 is 0. The fourth-order valence-electron chi connectivity index (χ4n) is 2.91. The van der Waals surface area contributed by atoms with Crippen molar-refractivity contribution < 1.29 is 19.4 Å². The van der Waals surface area contributed by atoms with Crippen LogP contribution in [-0.4, -0.2) is 35.8 Å². The quantitative estimate of drug-likeness (QED) is 0.705. The highest BCUT2D eigenvalue weighted by atomic mass is 16.5. The van der Waals surface area contributed by atoms with E-state index < -0.39 is 17.5 Å². The third kappa shape index (κ3) is 6.38. The minimum absolute atomic E-state index is 0.0578. The average Bonchev–Trinajstić information content (AvgIpc) is 2.59. The van der Waals surface area contributed by atoms with Crippen LogP contribution < -0.4 is 10.6 Å². The van der Waals surface area contributed by atoms with E-state index in [-0.39, 0.29) is 18.7 Å².